The molecule has 4 heterocycles. The van der Waals surface area contributed by atoms with E-state index in [0.29, 0.717) is 11.7 Å². The quantitative estimate of drug-likeness (QED) is 0.596. The molecule has 0 saturated heterocycles. The van der Waals surface area contributed by atoms with Gasteiger partial charge in [-0.15, -0.1) is 0 Å². The summed E-state index contributed by atoms with van der Waals surface area (Å²) in [6.07, 6.45) is 9.12. The molecule has 0 atom stereocenters. The van der Waals surface area contributed by atoms with Crippen molar-refractivity contribution in [2.75, 3.05) is 5.73 Å². The Bertz CT molecular complexity index is 991. The molecule has 1 aliphatic carbocycles. The number of rotatable bonds is 2. The maximum atomic E-state index is 6.16. The lowest BCUT2D eigenvalue weighted by molar-refractivity contribution is 0.400. The number of hydrogen-bond acceptors (Lipinski definition) is 4. The summed E-state index contributed by atoms with van der Waals surface area (Å²) < 4.78 is 2.10. The van der Waals surface area contributed by atoms with Crippen molar-refractivity contribution in [3.8, 4) is 11.4 Å². The lowest BCUT2D eigenvalue weighted by Gasteiger charge is -2.23. The van der Waals surface area contributed by atoms with Crippen molar-refractivity contribution in [1.29, 1.82) is 0 Å². The molecule has 1 saturated carbocycles. The number of fused-ring (bicyclic) bond motifs is 2. The molecule has 6 heteroatoms. The van der Waals surface area contributed by atoms with Gasteiger partial charge in [-0.3, -0.25) is 4.40 Å². The zero-order valence-corrected chi connectivity index (χ0v) is 12.5. The van der Waals surface area contributed by atoms with E-state index >= 15 is 0 Å². The van der Waals surface area contributed by atoms with E-state index in [2.05, 4.69) is 25.4 Å². The topological polar surface area (TPSA) is 84.9 Å². The molecule has 0 spiro atoms. The molecular weight excluding hydrogens is 288 g/mol. The summed E-state index contributed by atoms with van der Waals surface area (Å²) in [6, 6.07) is 6.04. The second-order valence-corrected chi connectivity index (χ2v) is 6.10. The van der Waals surface area contributed by atoms with Gasteiger partial charge in [-0.05, 0) is 31.0 Å². The summed E-state index contributed by atoms with van der Waals surface area (Å²) in [6.45, 7) is 0. The Morgan fingerprint density at radius 1 is 1.22 bits per heavy atom. The molecule has 5 rings (SSSR count). The predicted octanol–water partition coefficient (Wildman–Crippen LogP) is 3.12. The normalized spacial score (nSPS) is 15.3. The Morgan fingerprint density at radius 3 is 2.91 bits per heavy atom. The summed E-state index contributed by atoms with van der Waals surface area (Å²) in [5.74, 6) is 2.11. The summed E-state index contributed by atoms with van der Waals surface area (Å²) in [5, 5.41) is 1.07. The Kier molecular flexibility index (Phi) is 2.50. The highest BCUT2D eigenvalue weighted by Gasteiger charge is 2.27. The molecule has 1 aliphatic rings. The van der Waals surface area contributed by atoms with Gasteiger partial charge in [-0.1, -0.05) is 6.42 Å². The van der Waals surface area contributed by atoms with E-state index in [1.165, 1.54) is 19.3 Å². The van der Waals surface area contributed by atoms with Gasteiger partial charge < -0.3 is 10.7 Å². The number of H-pyrrole nitrogens is 1. The van der Waals surface area contributed by atoms with Gasteiger partial charge >= 0.3 is 0 Å². The number of nitrogen functional groups attached to an aromatic ring is 1. The van der Waals surface area contributed by atoms with Crippen LogP contribution in [-0.4, -0.2) is 24.3 Å². The fraction of sp³-hybridized carbons (Fsp3) is 0.235. The van der Waals surface area contributed by atoms with E-state index in [-0.39, 0.29) is 0 Å². The van der Waals surface area contributed by atoms with Gasteiger partial charge in [0.1, 0.15) is 28.5 Å². The van der Waals surface area contributed by atoms with Crippen LogP contribution in [0.3, 0.4) is 0 Å². The van der Waals surface area contributed by atoms with Gasteiger partial charge in [0.2, 0.25) is 0 Å². The standard InChI is InChI=1S/C17H16N6/c18-15-14-13(12-9-11-5-2-6-20-16(11)21-12)22-17(10-3-1-4-10)23(14)8-7-19-15/h2,5-10H,1,3-4H2,(H2,18,19)(H,20,21). The zero-order chi connectivity index (χ0) is 15.4. The minimum Gasteiger partial charge on any atom is -0.382 e. The van der Waals surface area contributed by atoms with E-state index in [1.54, 1.807) is 12.4 Å². The number of nitrogens with two attached hydrogens (primary N) is 1. The minimum absolute atomic E-state index is 0.507. The van der Waals surface area contributed by atoms with Gasteiger partial charge in [-0.2, -0.15) is 0 Å². The van der Waals surface area contributed by atoms with E-state index in [0.717, 1.165) is 33.8 Å². The molecule has 0 aliphatic heterocycles. The average Bonchev–Trinajstić information content (AvgIpc) is 3.08. The van der Waals surface area contributed by atoms with Crippen LogP contribution >= 0.6 is 0 Å². The third-order valence-electron chi connectivity index (χ3n) is 4.73. The first kappa shape index (κ1) is 12.6. The molecule has 3 N–H and O–H groups in total. The highest BCUT2D eigenvalue weighted by atomic mass is 15.1. The summed E-state index contributed by atoms with van der Waals surface area (Å²) in [7, 11) is 0. The molecule has 114 valence electrons. The Labute approximate surface area is 132 Å². The van der Waals surface area contributed by atoms with Crippen molar-refractivity contribution in [2.45, 2.75) is 25.2 Å². The van der Waals surface area contributed by atoms with Crippen LogP contribution in [0, 0.1) is 0 Å². The Hall–Kier alpha value is -2.89. The molecule has 4 aromatic heterocycles. The number of nitrogens with zero attached hydrogens (tertiary/aromatic N) is 4. The second kappa shape index (κ2) is 4.55. The van der Waals surface area contributed by atoms with Gasteiger partial charge in [0.15, 0.2) is 0 Å². The van der Waals surface area contributed by atoms with Crippen LogP contribution < -0.4 is 5.73 Å². The number of anilines is 1. The van der Waals surface area contributed by atoms with Crippen LogP contribution in [0.15, 0.2) is 36.8 Å². The molecule has 0 radical (unpaired) electrons. The number of hydrogen-bond donors (Lipinski definition) is 2. The monoisotopic (exact) mass is 304 g/mol. The number of nitrogens with one attached hydrogen (secondary N) is 1. The van der Waals surface area contributed by atoms with Crippen molar-refractivity contribution in [3.63, 3.8) is 0 Å². The number of aromatic amines is 1. The van der Waals surface area contributed by atoms with Crippen molar-refractivity contribution < 1.29 is 0 Å². The summed E-state index contributed by atoms with van der Waals surface area (Å²) in [4.78, 5) is 16.9. The van der Waals surface area contributed by atoms with Crippen molar-refractivity contribution >= 4 is 22.4 Å². The lowest BCUT2D eigenvalue weighted by Crippen LogP contribution is -2.12. The summed E-state index contributed by atoms with van der Waals surface area (Å²) >= 11 is 0. The highest BCUT2D eigenvalue weighted by Crippen LogP contribution is 2.39. The van der Waals surface area contributed by atoms with Gasteiger partial charge in [-0.25, -0.2) is 15.0 Å². The smallest absolute Gasteiger partial charge is 0.150 e. The van der Waals surface area contributed by atoms with Gasteiger partial charge in [0, 0.05) is 29.9 Å². The Morgan fingerprint density at radius 2 is 2.13 bits per heavy atom. The van der Waals surface area contributed by atoms with E-state index in [9.17, 15) is 0 Å². The number of imidazole rings is 1. The van der Waals surface area contributed by atoms with Crippen LogP contribution in [-0.2, 0) is 0 Å². The van der Waals surface area contributed by atoms with E-state index < -0.39 is 0 Å². The molecule has 0 unspecified atom stereocenters. The van der Waals surface area contributed by atoms with Crippen LogP contribution in [0.4, 0.5) is 5.82 Å². The van der Waals surface area contributed by atoms with Crippen LogP contribution in [0.1, 0.15) is 31.0 Å². The minimum atomic E-state index is 0.507. The number of pyridine rings is 1. The maximum absolute atomic E-state index is 6.16. The van der Waals surface area contributed by atoms with Crippen LogP contribution in [0.25, 0.3) is 27.9 Å². The van der Waals surface area contributed by atoms with Crippen LogP contribution in [0.2, 0.25) is 0 Å². The molecule has 4 aromatic rings. The van der Waals surface area contributed by atoms with Crippen molar-refractivity contribution in [1.82, 2.24) is 24.3 Å². The average molecular weight is 304 g/mol. The Balaban J connectivity index is 1.80. The maximum Gasteiger partial charge on any atom is 0.150 e. The van der Waals surface area contributed by atoms with Crippen LogP contribution in [0.5, 0.6) is 0 Å². The van der Waals surface area contributed by atoms with Crippen molar-refractivity contribution in [3.05, 3.63) is 42.6 Å². The van der Waals surface area contributed by atoms with E-state index in [4.69, 9.17) is 10.7 Å². The first-order valence-electron chi connectivity index (χ1n) is 7.88. The second-order valence-electron chi connectivity index (χ2n) is 6.10. The molecule has 0 aromatic carbocycles. The SMILES string of the molecule is Nc1nccn2c(C3CCC3)nc(-c3cc4cccnc4[nH]3)c12. The zero-order valence-electron chi connectivity index (χ0n) is 12.5. The predicted molar refractivity (Wildman–Crippen MR) is 89.1 cm³/mol. The van der Waals surface area contributed by atoms with Gasteiger partial charge in [0.05, 0.1) is 5.69 Å². The fourth-order valence-corrected chi connectivity index (χ4v) is 3.31. The fourth-order valence-electron chi connectivity index (χ4n) is 3.31. The molecule has 6 nitrogen and oxygen atoms in total. The molecule has 1 fully saturated rings. The third-order valence-corrected chi connectivity index (χ3v) is 4.73. The largest absolute Gasteiger partial charge is 0.382 e. The molecular formula is C17H16N6. The molecule has 0 amide bonds. The first-order chi connectivity index (χ1) is 11.3. The third kappa shape index (κ3) is 1.78. The summed E-state index contributed by atoms with van der Waals surface area (Å²) in [5.41, 5.74) is 9.68. The van der Waals surface area contributed by atoms with E-state index in [1.807, 2.05) is 18.3 Å². The molecule has 0 bridgehead atoms. The van der Waals surface area contributed by atoms with Gasteiger partial charge in [0.25, 0.3) is 0 Å². The highest BCUT2D eigenvalue weighted by molar-refractivity contribution is 5.89. The lowest BCUT2D eigenvalue weighted by atomic mass is 9.85. The van der Waals surface area contributed by atoms with Crippen molar-refractivity contribution in [2.24, 2.45) is 0 Å². The first-order valence-corrected chi connectivity index (χ1v) is 7.88. The molecule has 23 heavy (non-hydrogen) atoms. The number of aromatic nitrogens is 5.